The fraction of sp³-hybridized carbons (Fsp3) is 0.773. The van der Waals surface area contributed by atoms with Crippen molar-refractivity contribution in [1.29, 1.82) is 0 Å². The summed E-state index contributed by atoms with van der Waals surface area (Å²) in [5.41, 5.74) is -1.62. The number of aliphatic hydroxyl groups is 1. The molecule has 0 aromatic carbocycles. The minimum absolute atomic E-state index is 0.101. The molecule has 0 bridgehead atoms. The molecule has 1 aliphatic rings. The van der Waals surface area contributed by atoms with Gasteiger partial charge in [-0.05, 0) is 61.3 Å². The molecule has 0 spiro atoms. The molecule has 4 unspecified atom stereocenters. The van der Waals surface area contributed by atoms with Gasteiger partial charge in [-0.15, -0.1) is 0 Å². The third-order valence-electron chi connectivity index (χ3n) is 4.41. The Labute approximate surface area is 200 Å². The maximum absolute atomic E-state index is 12.5. The van der Waals surface area contributed by atoms with E-state index in [1.165, 1.54) is 6.92 Å². The Morgan fingerprint density at radius 3 is 1.88 bits per heavy atom. The summed E-state index contributed by atoms with van der Waals surface area (Å²) in [4.78, 5) is 53.3. The van der Waals surface area contributed by atoms with Gasteiger partial charge in [0, 0.05) is 12.8 Å². The van der Waals surface area contributed by atoms with Crippen molar-refractivity contribution in [3.05, 3.63) is 0 Å². The van der Waals surface area contributed by atoms with Gasteiger partial charge < -0.3 is 24.6 Å². The zero-order valence-electron chi connectivity index (χ0n) is 21.2. The Hall–Kier alpha value is -2.89. The summed E-state index contributed by atoms with van der Waals surface area (Å²) in [6, 6.07) is -1.83. The Bertz CT molecular complexity index is 753. The number of rotatable bonds is 5. The number of carbonyl (C=O) groups is 4. The van der Waals surface area contributed by atoms with E-state index in [1.807, 2.05) is 0 Å². The highest BCUT2D eigenvalue weighted by Gasteiger charge is 2.43. The van der Waals surface area contributed by atoms with Crippen LogP contribution in [0.1, 0.15) is 68.2 Å². The molecule has 194 valence electrons. The zero-order chi connectivity index (χ0) is 26.3. The first-order chi connectivity index (χ1) is 15.5. The van der Waals surface area contributed by atoms with Gasteiger partial charge in [-0.2, -0.15) is 0 Å². The number of nitrogens with one attached hydrogen (secondary N) is 3. The summed E-state index contributed by atoms with van der Waals surface area (Å²) in [5, 5.41) is 17.6. The monoisotopic (exact) mass is 486 g/mol. The van der Waals surface area contributed by atoms with Crippen LogP contribution in [0.2, 0.25) is 0 Å². The van der Waals surface area contributed by atoms with Crippen LogP contribution in [0.15, 0.2) is 4.99 Å². The van der Waals surface area contributed by atoms with Crippen LogP contribution in [-0.4, -0.2) is 71.1 Å². The Morgan fingerprint density at radius 2 is 1.47 bits per heavy atom. The normalized spacial score (nSPS) is 21.0. The largest absolute Gasteiger partial charge is 0.464 e. The summed E-state index contributed by atoms with van der Waals surface area (Å²) in [6.45, 7) is 13.0. The predicted octanol–water partition coefficient (Wildman–Crippen LogP) is 1.60. The number of guanidine groups is 1. The maximum Gasteiger partial charge on any atom is 0.414 e. The third kappa shape index (κ3) is 10.8. The van der Waals surface area contributed by atoms with Gasteiger partial charge in [-0.3, -0.25) is 15.4 Å². The quantitative estimate of drug-likeness (QED) is 0.197. The van der Waals surface area contributed by atoms with Crippen LogP contribution in [0.25, 0.3) is 0 Å². The Morgan fingerprint density at radius 1 is 0.971 bits per heavy atom. The van der Waals surface area contributed by atoms with Crippen LogP contribution >= 0.6 is 0 Å². The van der Waals surface area contributed by atoms with Crippen LogP contribution in [0.4, 0.5) is 9.59 Å². The van der Waals surface area contributed by atoms with E-state index in [2.05, 4.69) is 20.9 Å². The fourth-order valence-corrected chi connectivity index (χ4v) is 3.38. The molecule has 0 aromatic rings. The second-order valence-electron chi connectivity index (χ2n) is 10.0. The zero-order valence-corrected chi connectivity index (χ0v) is 21.2. The first kappa shape index (κ1) is 29.1. The molecular formula is C22H38N4O8. The Kier molecular flexibility index (Phi) is 10.3. The van der Waals surface area contributed by atoms with E-state index in [0.29, 0.717) is 0 Å². The first-order valence-corrected chi connectivity index (χ1v) is 11.2. The molecule has 1 fully saturated rings. The highest BCUT2D eigenvalue weighted by Crippen LogP contribution is 2.32. The predicted molar refractivity (Wildman–Crippen MR) is 123 cm³/mol. The van der Waals surface area contributed by atoms with Crippen LogP contribution in [-0.2, 0) is 23.8 Å². The molecule has 12 heteroatoms. The lowest BCUT2D eigenvalue weighted by atomic mass is 9.94. The summed E-state index contributed by atoms with van der Waals surface area (Å²) in [5.74, 6) is -2.06. The van der Waals surface area contributed by atoms with Gasteiger partial charge in [-0.25, -0.2) is 19.4 Å². The van der Waals surface area contributed by atoms with E-state index < -0.39 is 59.4 Å². The van der Waals surface area contributed by atoms with E-state index in [4.69, 9.17) is 14.2 Å². The molecule has 0 radical (unpaired) electrons. The average Bonchev–Trinajstić information content (AvgIpc) is 2.95. The van der Waals surface area contributed by atoms with E-state index in [1.54, 1.807) is 48.5 Å². The van der Waals surface area contributed by atoms with Crippen molar-refractivity contribution in [2.24, 2.45) is 10.9 Å². The first-order valence-electron chi connectivity index (χ1n) is 11.2. The van der Waals surface area contributed by atoms with Crippen molar-refractivity contribution in [2.75, 3.05) is 6.61 Å². The number of hydrogen-bond donors (Lipinski definition) is 4. The van der Waals surface area contributed by atoms with Crippen molar-refractivity contribution >= 4 is 30.0 Å². The molecule has 0 heterocycles. The van der Waals surface area contributed by atoms with Gasteiger partial charge in [0.25, 0.3) is 0 Å². The van der Waals surface area contributed by atoms with Gasteiger partial charge >= 0.3 is 18.2 Å². The van der Waals surface area contributed by atoms with Gasteiger partial charge in [0.15, 0.2) is 0 Å². The minimum atomic E-state index is -1.08. The van der Waals surface area contributed by atoms with Gasteiger partial charge in [-0.1, -0.05) is 0 Å². The number of aliphatic hydroxyl groups excluding tert-OH is 1. The highest BCUT2D eigenvalue weighted by molar-refractivity contribution is 6.01. The average molecular weight is 487 g/mol. The second kappa shape index (κ2) is 12.0. The summed E-state index contributed by atoms with van der Waals surface area (Å²) >= 11 is 0. The lowest BCUT2D eigenvalue weighted by Crippen LogP contribution is -2.50. The van der Waals surface area contributed by atoms with Crippen molar-refractivity contribution in [2.45, 2.75) is 97.6 Å². The second-order valence-corrected chi connectivity index (χ2v) is 10.0. The number of amides is 3. The lowest BCUT2D eigenvalue weighted by Gasteiger charge is -2.26. The number of aliphatic imine (C=N–C) groups is 1. The number of ether oxygens (including phenoxy) is 3. The summed E-state index contributed by atoms with van der Waals surface area (Å²) < 4.78 is 15.5. The molecule has 1 aliphatic carbocycles. The van der Waals surface area contributed by atoms with Gasteiger partial charge in [0.1, 0.15) is 17.2 Å². The lowest BCUT2D eigenvalue weighted by molar-refractivity contribution is -0.149. The fourth-order valence-electron chi connectivity index (χ4n) is 3.38. The molecule has 12 nitrogen and oxygen atoms in total. The topological polar surface area (TPSA) is 165 Å². The molecule has 0 aromatic heterocycles. The highest BCUT2D eigenvalue weighted by atomic mass is 16.6. The minimum Gasteiger partial charge on any atom is -0.464 e. The molecule has 0 saturated heterocycles. The number of alkyl carbamates (subject to hydrolysis) is 2. The number of carbonyl (C=O) groups excluding carboxylic acids is 4. The van der Waals surface area contributed by atoms with E-state index >= 15 is 0 Å². The van der Waals surface area contributed by atoms with Crippen LogP contribution in [0.3, 0.4) is 0 Å². The van der Waals surface area contributed by atoms with Crippen LogP contribution in [0.5, 0.6) is 0 Å². The standard InChI is InChI=1S/C22H38N4O8/c1-9-32-17(29)16(23-12(2)27)14-10-13(28)11-15(14)24-18(25-19(30)33-21(3,4)5)26-20(31)34-22(6,7)8/h13-16,28H,9-11H2,1-8H3,(H,23,27)(H2,24,25,26,30,31). The molecule has 0 aliphatic heterocycles. The SMILES string of the molecule is CCOC(=O)C(NC(C)=O)C1CC(O)CC1N=C(NC(=O)OC(C)(C)C)NC(=O)OC(C)(C)C. The van der Waals surface area contributed by atoms with Gasteiger partial charge in [0.2, 0.25) is 11.9 Å². The molecule has 1 rings (SSSR count). The van der Waals surface area contributed by atoms with E-state index in [9.17, 15) is 24.3 Å². The van der Waals surface area contributed by atoms with Crippen molar-refractivity contribution < 1.29 is 38.5 Å². The molecule has 3 amide bonds. The molecular weight excluding hydrogens is 448 g/mol. The van der Waals surface area contributed by atoms with Crippen LogP contribution < -0.4 is 16.0 Å². The smallest absolute Gasteiger partial charge is 0.414 e. The van der Waals surface area contributed by atoms with Crippen molar-refractivity contribution in [3.63, 3.8) is 0 Å². The van der Waals surface area contributed by atoms with Crippen molar-refractivity contribution in [3.8, 4) is 0 Å². The summed E-state index contributed by atoms with van der Waals surface area (Å²) in [7, 11) is 0. The number of nitrogens with zero attached hydrogens (tertiary/aromatic N) is 1. The summed E-state index contributed by atoms with van der Waals surface area (Å²) in [6.07, 6.45) is -2.31. The maximum atomic E-state index is 12.5. The Balaban J connectivity index is 3.27. The van der Waals surface area contributed by atoms with E-state index in [-0.39, 0.29) is 25.4 Å². The van der Waals surface area contributed by atoms with Crippen LogP contribution in [0, 0.1) is 5.92 Å². The third-order valence-corrected chi connectivity index (χ3v) is 4.41. The molecule has 1 saturated carbocycles. The van der Waals surface area contributed by atoms with Crippen molar-refractivity contribution in [1.82, 2.24) is 16.0 Å². The molecule has 34 heavy (non-hydrogen) atoms. The number of esters is 1. The van der Waals surface area contributed by atoms with E-state index in [0.717, 1.165) is 0 Å². The number of hydrogen-bond acceptors (Lipinski definition) is 9. The molecule has 4 atom stereocenters. The molecule has 4 N–H and O–H groups in total. The van der Waals surface area contributed by atoms with Gasteiger partial charge in [0.05, 0.1) is 18.8 Å².